The van der Waals surface area contributed by atoms with Crippen LogP contribution in [0.4, 0.5) is 0 Å². The second kappa shape index (κ2) is 6.55. The average Bonchev–Trinajstić information content (AvgIpc) is 2.29. The third kappa shape index (κ3) is 4.44. The second-order valence-corrected chi connectivity index (χ2v) is 6.04. The van der Waals surface area contributed by atoms with Crippen molar-refractivity contribution in [1.82, 2.24) is 5.32 Å². The van der Waals surface area contributed by atoms with Crippen LogP contribution in [0.5, 0.6) is 0 Å². The topological polar surface area (TPSA) is 21.3 Å². The van der Waals surface area contributed by atoms with Gasteiger partial charge in [0.05, 0.1) is 6.61 Å². The molecule has 2 heteroatoms. The van der Waals surface area contributed by atoms with Crippen LogP contribution >= 0.6 is 0 Å². The van der Waals surface area contributed by atoms with E-state index in [0.29, 0.717) is 0 Å². The van der Waals surface area contributed by atoms with E-state index in [2.05, 4.69) is 25.2 Å². The van der Waals surface area contributed by atoms with E-state index < -0.39 is 0 Å². The molecule has 98 valence electrons. The van der Waals surface area contributed by atoms with Crippen LogP contribution in [-0.4, -0.2) is 26.3 Å². The summed E-state index contributed by atoms with van der Waals surface area (Å²) >= 11 is 0. The molecule has 1 aliphatic heterocycles. The SMILES string of the molecule is CC1=CC(C)CC(CNCC2CCCOC2)C1. The van der Waals surface area contributed by atoms with Crippen molar-refractivity contribution in [2.75, 3.05) is 26.3 Å². The predicted octanol–water partition coefficient (Wildman–Crippen LogP) is 3.00. The largest absolute Gasteiger partial charge is 0.381 e. The Labute approximate surface area is 106 Å². The Hall–Kier alpha value is -0.340. The Morgan fingerprint density at radius 3 is 2.88 bits per heavy atom. The van der Waals surface area contributed by atoms with Crippen molar-refractivity contribution in [3.8, 4) is 0 Å². The van der Waals surface area contributed by atoms with Crippen molar-refractivity contribution in [2.24, 2.45) is 17.8 Å². The Bertz CT molecular complexity index is 256. The van der Waals surface area contributed by atoms with Crippen LogP contribution in [-0.2, 0) is 4.74 Å². The fourth-order valence-corrected chi connectivity index (χ4v) is 3.30. The number of rotatable bonds is 4. The van der Waals surface area contributed by atoms with Crippen molar-refractivity contribution in [3.05, 3.63) is 11.6 Å². The van der Waals surface area contributed by atoms with Gasteiger partial charge in [-0.2, -0.15) is 0 Å². The summed E-state index contributed by atoms with van der Waals surface area (Å²) < 4.78 is 5.51. The predicted molar refractivity (Wildman–Crippen MR) is 72.1 cm³/mol. The zero-order valence-corrected chi connectivity index (χ0v) is 11.4. The van der Waals surface area contributed by atoms with Gasteiger partial charge >= 0.3 is 0 Å². The molecular formula is C15H27NO. The molecule has 0 spiro atoms. The molecule has 0 aromatic heterocycles. The lowest BCUT2D eigenvalue weighted by Crippen LogP contribution is -2.33. The van der Waals surface area contributed by atoms with Gasteiger partial charge in [-0.15, -0.1) is 0 Å². The molecule has 0 aromatic carbocycles. The Balaban J connectivity index is 1.63. The summed E-state index contributed by atoms with van der Waals surface area (Å²) in [5, 5.41) is 3.66. The van der Waals surface area contributed by atoms with Crippen LogP contribution in [0.25, 0.3) is 0 Å². The molecule has 0 saturated carbocycles. The third-order valence-electron chi connectivity index (χ3n) is 4.01. The molecule has 1 aliphatic carbocycles. The molecule has 0 amide bonds. The molecule has 3 atom stereocenters. The van der Waals surface area contributed by atoms with Crippen LogP contribution in [0.3, 0.4) is 0 Å². The third-order valence-corrected chi connectivity index (χ3v) is 4.01. The minimum atomic E-state index is 0.751. The van der Waals surface area contributed by atoms with Gasteiger partial charge in [0.1, 0.15) is 0 Å². The van der Waals surface area contributed by atoms with Gasteiger partial charge < -0.3 is 10.1 Å². The molecule has 1 heterocycles. The summed E-state index contributed by atoms with van der Waals surface area (Å²) in [6, 6.07) is 0. The molecule has 2 aliphatic rings. The first-order valence-electron chi connectivity index (χ1n) is 7.20. The number of hydrogen-bond donors (Lipinski definition) is 1. The lowest BCUT2D eigenvalue weighted by Gasteiger charge is -2.27. The van der Waals surface area contributed by atoms with Crippen LogP contribution in [0.2, 0.25) is 0 Å². The molecule has 17 heavy (non-hydrogen) atoms. The Morgan fingerprint density at radius 2 is 2.18 bits per heavy atom. The average molecular weight is 237 g/mol. The summed E-state index contributed by atoms with van der Waals surface area (Å²) in [5.41, 5.74) is 1.58. The summed E-state index contributed by atoms with van der Waals surface area (Å²) in [5.74, 6) is 2.37. The van der Waals surface area contributed by atoms with Crippen molar-refractivity contribution in [3.63, 3.8) is 0 Å². The molecule has 0 bridgehead atoms. The van der Waals surface area contributed by atoms with E-state index in [1.807, 2.05) is 0 Å². The summed E-state index contributed by atoms with van der Waals surface area (Å²) in [7, 11) is 0. The maximum atomic E-state index is 5.51. The summed E-state index contributed by atoms with van der Waals surface area (Å²) in [4.78, 5) is 0. The van der Waals surface area contributed by atoms with Crippen LogP contribution < -0.4 is 5.32 Å². The number of ether oxygens (including phenoxy) is 1. The van der Waals surface area contributed by atoms with E-state index >= 15 is 0 Å². The smallest absolute Gasteiger partial charge is 0.0506 e. The van der Waals surface area contributed by atoms with E-state index in [4.69, 9.17) is 4.74 Å². The molecule has 0 radical (unpaired) electrons. The first-order valence-corrected chi connectivity index (χ1v) is 7.20. The highest BCUT2D eigenvalue weighted by atomic mass is 16.5. The van der Waals surface area contributed by atoms with E-state index in [1.54, 1.807) is 5.57 Å². The van der Waals surface area contributed by atoms with Gasteiger partial charge in [0, 0.05) is 13.2 Å². The highest BCUT2D eigenvalue weighted by Crippen LogP contribution is 2.27. The molecule has 2 nitrogen and oxygen atoms in total. The molecule has 1 fully saturated rings. The van der Waals surface area contributed by atoms with Crippen molar-refractivity contribution >= 4 is 0 Å². The first kappa shape index (κ1) is 13.1. The maximum absolute atomic E-state index is 5.51. The maximum Gasteiger partial charge on any atom is 0.0506 e. The van der Waals surface area contributed by atoms with Gasteiger partial charge in [-0.25, -0.2) is 0 Å². The van der Waals surface area contributed by atoms with Gasteiger partial charge in [-0.05, 0) is 56.9 Å². The van der Waals surface area contributed by atoms with Gasteiger partial charge in [0.2, 0.25) is 0 Å². The Kier molecular flexibility index (Phi) is 5.05. The lowest BCUT2D eigenvalue weighted by molar-refractivity contribution is 0.0544. The van der Waals surface area contributed by atoms with Gasteiger partial charge in [0.25, 0.3) is 0 Å². The molecule has 2 rings (SSSR count). The fourth-order valence-electron chi connectivity index (χ4n) is 3.30. The molecule has 0 aromatic rings. The van der Waals surface area contributed by atoms with E-state index in [0.717, 1.165) is 37.5 Å². The molecule has 3 unspecified atom stereocenters. The van der Waals surface area contributed by atoms with Gasteiger partial charge in [0.15, 0.2) is 0 Å². The zero-order valence-electron chi connectivity index (χ0n) is 11.4. The summed E-state index contributed by atoms with van der Waals surface area (Å²) in [6.45, 7) is 8.88. The van der Waals surface area contributed by atoms with Crippen LogP contribution in [0.1, 0.15) is 39.5 Å². The monoisotopic (exact) mass is 237 g/mol. The van der Waals surface area contributed by atoms with Crippen molar-refractivity contribution in [2.45, 2.75) is 39.5 Å². The van der Waals surface area contributed by atoms with E-state index in [-0.39, 0.29) is 0 Å². The Morgan fingerprint density at radius 1 is 1.35 bits per heavy atom. The first-order chi connectivity index (χ1) is 8.24. The second-order valence-electron chi connectivity index (χ2n) is 6.04. The summed E-state index contributed by atoms with van der Waals surface area (Å²) in [6.07, 6.45) is 7.66. The van der Waals surface area contributed by atoms with Crippen molar-refractivity contribution in [1.29, 1.82) is 0 Å². The van der Waals surface area contributed by atoms with Crippen molar-refractivity contribution < 1.29 is 4.74 Å². The van der Waals surface area contributed by atoms with Crippen LogP contribution in [0, 0.1) is 17.8 Å². The molecule has 1 N–H and O–H groups in total. The van der Waals surface area contributed by atoms with Crippen LogP contribution in [0.15, 0.2) is 11.6 Å². The zero-order chi connectivity index (χ0) is 12.1. The number of nitrogens with one attached hydrogen (secondary N) is 1. The van der Waals surface area contributed by atoms with E-state index in [9.17, 15) is 0 Å². The number of allylic oxidation sites excluding steroid dienone is 2. The van der Waals surface area contributed by atoms with Gasteiger partial charge in [-0.1, -0.05) is 18.6 Å². The van der Waals surface area contributed by atoms with E-state index in [1.165, 1.54) is 32.2 Å². The normalized spacial score (nSPS) is 34.5. The highest BCUT2D eigenvalue weighted by molar-refractivity contribution is 5.06. The minimum Gasteiger partial charge on any atom is -0.381 e. The highest BCUT2D eigenvalue weighted by Gasteiger charge is 2.19. The quantitative estimate of drug-likeness (QED) is 0.759. The molecule has 1 saturated heterocycles. The fraction of sp³-hybridized carbons (Fsp3) is 0.867. The standard InChI is InChI=1S/C15H27NO/c1-12-6-13(2)8-15(7-12)10-16-9-14-4-3-5-17-11-14/h6,12,14-16H,3-5,7-11H2,1-2H3. The molecular weight excluding hydrogens is 210 g/mol. The lowest BCUT2D eigenvalue weighted by atomic mass is 9.83. The number of hydrogen-bond acceptors (Lipinski definition) is 2. The minimum absolute atomic E-state index is 0.751. The van der Waals surface area contributed by atoms with Gasteiger partial charge in [-0.3, -0.25) is 0 Å².